The lowest BCUT2D eigenvalue weighted by Gasteiger charge is -2.48. The van der Waals surface area contributed by atoms with E-state index >= 15 is 0 Å². The zero-order chi connectivity index (χ0) is 34.8. The number of nitrogens with zero attached hydrogens (tertiary/aromatic N) is 4. The predicted octanol–water partition coefficient (Wildman–Crippen LogP) is 5.14. The molecule has 2 aliphatic heterocycles. The Labute approximate surface area is 282 Å². The van der Waals surface area contributed by atoms with Gasteiger partial charge in [-0.1, -0.05) is 36.5 Å². The predicted molar refractivity (Wildman–Crippen MR) is 176 cm³/mol. The van der Waals surface area contributed by atoms with E-state index in [4.69, 9.17) is 18.9 Å². The minimum absolute atomic E-state index is 0.0295. The molecule has 2 saturated heterocycles. The van der Waals surface area contributed by atoms with Gasteiger partial charge in [0.05, 0.1) is 24.0 Å². The average molecular weight is 683 g/mol. The van der Waals surface area contributed by atoms with Crippen LogP contribution in [0.3, 0.4) is 0 Å². The van der Waals surface area contributed by atoms with Gasteiger partial charge in [-0.2, -0.15) is 4.99 Å². The number of hydrogen-bond donors (Lipinski definition) is 0. The van der Waals surface area contributed by atoms with Gasteiger partial charge in [0, 0.05) is 43.4 Å². The number of aliphatic imine (C=N–C) groups is 1. The molecular weight excluding hydrogens is 644 g/mol. The molecule has 2 aliphatic rings. The Morgan fingerprint density at radius 2 is 1.81 bits per heavy atom. The van der Waals surface area contributed by atoms with Crippen molar-refractivity contribution in [3.8, 4) is 5.75 Å². The summed E-state index contributed by atoms with van der Waals surface area (Å²) in [7, 11) is 1.57. The highest BCUT2D eigenvalue weighted by molar-refractivity contribution is 8.14. The molecule has 0 aliphatic carbocycles. The van der Waals surface area contributed by atoms with Gasteiger partial charge >= 0.3 is 12.2 Å². The summed E-state index contributed by atoms with van der Waals surface area (Å²) in [5.41, 5.74) is 1.39. The zero-order valence-electron chi connectivity index (χ0n) is 26.9. The van der Waals surface area contributed by atoms with Gasteiger partial charge in [0.2, 0.25) is 5.91 Å². The van der Waals surface area contributed by atoms with Crippen molar-refractivity contribution in [1.82, 2.24) is 9.80 Å². The monoisotopic (exact) mass is 682 g/mol. The van der Waals surface area contributed by atoms with Crippen molar-refractivity contribution in [1.29, 1.82) is 0 Å². The van der Waals surface area contributed by atoms with E-state index in [9.17, 15) is 29.3 Å². The molecule has 0 saturated carbocycles. The number of amidine groups is 1. The maximum atomic E-state index is 13.4. The number of rotatable bonds is 13. The first kappa shape index (κ1) is 35.9. The molecule has 2 aromatic rings. The second-order valence-corrected chi connectivity index (χ2v) is 12.6. The van der Waals surface area contributed by atoms with E-state index in [0.29, 0.717) is 36.7 Å². The third kappa shape index (κ3) is 9.56. The van der Waals surface area contributed by atoms with Crippen molar-refractivity contribution in [2.24, 2.45) is 10.9 Å². The first-order chi connectivity index (χ1) is 23.0. The number of benzene rings is 2. The summed E-state index contributed by atoms with van der Waals surface area (Å²) in [6.07, 6.45) is -0.375. The van der Waals surface area contributed by atoms with Crippen molar-refractivity contribution in [3.05, 3.63) is 82.4 Å². The fourth-order valence-corrected chi connectivity index (χ4v) is 6.62. The van der Waals surface area contributed by atoms with Crippen LogP contribution in [0.2, 0.25) is 0 Å². The molecule has 0 bridgehead atoms. The highest BCUT2D eigenvalue weighted by Crippen LogP contribution is 2.37. The number of ether oxygens (including phenoxy) is 4. The Morgan fingerprint density at radius 1 is 1.12 bits per heavy atom. The van der Waals surface area contributed by atoms with E-state index < -0.39 is 35.2 Å². The first-order valence-corrected chi connectivity index (χ1v) is 16.1. The largest absolute Gasteiger partial charge is 0.508 e. The summed E-state index contributed by atoms with van der Waals surface area (Å²) in [5.74, 6) is 0.191. The van der Waals surface area contributed by atoms with E-state index in [-0.39, 0.29) is 48.1 Å². The van der Waals surface area contributed by atoms with E-state index in [1.807, 2.05) is 17.0 Å². The molecule has 0 spiro atoms. The van der Waals surface area contributed by atoms with Crippen LogP contribution in [0.1, 0.15) is 37.8 Å². The van der Waals surface area contributed by atoms with Crippen LogP contribution < -0.4 is 4.74 Å². The molecule has 2 heterocycles. The molecule has 0 radical (unpaired) electrons. The Bertz CT molecular complexity index is 1530. The molecular formula is C33H38N4O10S. The van der Waals surface area contributed by atoms with Crippen LogP contribution in [0.25, 0.3) is 0 Å². The number of methoxy groups -OCH3 is 1. The standard InChI is InChI=1S/C33H38N4O10S/c1-5-16-45-33(41)47-21(2)30-28(36(31(30)39)18-23-8-12-26(44-4)13-9-23)17-29(38)48-27-14-15-35(19-27)22(3)34-32(40)46-20-24-6-10-25(11-7-24)37(42)43/h5-13,21,27-28,30H,1,14-20H2,2-4H3/b34-22+/t21-,27+,28-,30-/m1/s1. The number of thioether (sulfide) groups is 1. The van der Waals surface area contributed by atoms with Gasteiger partial charge in [-0.05, 0) is 55.7 Å². The molecule has 0 N–H and O–H groups in total. The topological polar surface area (TPSA) is 167 Å². The van der Waals surface area contributed by atoms with Gasteiger partial charge < -0.3 is 28.7 Å². The Kier molecular flexibility index (Phi) is 12.5. The summed E-state index contributed by atoms with van der Waals surface area (Å²) in [6.45, 7) is 8.03. The Balaban J connectivity index is 1.32. The molecule has 14 nitrogen and oxygen atoms in total. The van der Waals surface area contributed by atoms with Gasteiger partial charge in [0.15, 0.2) is 5.12 Å². The molecule has 2 fully saturated rings. The molecule has 15 heteroatoms. The molecule has 2 amide bonds. The lowest BCUT2D eigenvalue weighted by molar-refractivity contribution is -0.384. The molecule has 0 unspecified atom stereocenters. The number of nitro groups is 1. The SMILES string of the molecule is C=CCOC(=O)O[C@H](C)[C@H]1C(=O)N(Cc2ccc(OC)cc2)[C@@H]1CC(=O)S[C@H]1CCN(/C(C)=N/C(=O)OCc2ccc([N+](=O)[O-])cc2)C1. The van der Waals surface area contributed by atoms with Crippen LogP contribution in [0.5, 0.6) is 5.75 Å². The van der Waals surface area contributed by atoms with E-state index in [1.165, 1.54) is 42.1 Å². The smallest absolute Gasteiger partial charge is 0.497 e. The Morgan fingerprint density at radius 3 is 2.46 bits per heavy atom. The lowest BCUT2D eigenvalue weighted by Crippen LogP contribution is -2.64. The van der Waals surface area contributed by atoms with Gasteiger partial charge in [-0.25, -0.2) is 9.59 Å². The number of carbonyl (C=O) groups is 4. The van der Waals surface area contributed by atoms with E-state index in [0.717, 1.165) is 5.56 Å². The number of hydrogen-bond acceptors (Lipinski definition) is 11. The maximum Gasteiger partial charge on any atom is 0.508 e. The Hall–Kier alpha value is -4.92. The molecule has 256 valence electrons. The van der Waals surface area contributed by atoms with Crippen molar-refractivity contribution < 1.29 is 43.0 Å². The van der Waals surface area contributed by atoms with Crippen LogP contribution >= 0.6 is 11.8 Å². The minimum atomic E-state index is -0.915. The highest BCUT2D eigenvalue weighted by Gasteiger charge is 2.52. The second-order valence-electron chi connectivity index (χ2n) is 11.3. The average Bonchev–Trinajstić information content (AvgIpc) is 3.54. The number of likely N-dealkylation sites (tertiary alicyclic amines) is 2. The third-order valence-electron chi connectivity index (χ3n) is 8.04. The van der Waals surface area contributed by atoms with E-state index in [2.05, 4.69) is 11.6 Å². The summed E-state index contributed by atoms with van der Waals surface area (Å²) < 4.78 is 20.7. The minimum Gasteiger partial charge on any atom is -0.497 e. The summed E-state index contributed by atoms with van der Waals surface area (Å²) in [4.78, 5) is 68.9. The molecule has 0 aromatic heterocycles. The molecule has 4 atom stereocenters. The fourth-order valence-electron chi connectivity index (χ4n) is 5.51. The number of amides is 2. The van der Waals surface area contributed by atoms with Crippen LogP contribution in [-0.4, -0.2) is 88.0 Å². The van der Waals surface area contributed by atoms with Crippen LogP contribution in [0.15, 0.2) is 66.2 Å². The third-order valence-corrected chi connectivity index (χ3v) is 9.19. The summed E-state index contributed by atoms with van der Waals surface area (Å²) in [5, 5.41) is 10.6. The van der Waals surface area contributed by atoms with Gasteiger partial charge in [0.25, 0.3) is 5.69 Å². The van der Waals surface area contributed by atoms with Crippen molar-refractivity contribution in [2.75, 3.05) is 26.8 Å². The van der Waals surface area contributed by atoms with Gasteiger partial charge in [-0.3, -0.25) is 19.7 Å². The molecule has 4 rings (SSSR count). The second kappa shape index (κ2) is 16.8. The van der Waals surface area contributed by atoms with Gasteiger partial charge in [0.1, 0.15) is 30.9 Å². The first-order valence-electron chi connectivity index (χ1n) is 15.3. The van der Waals surface area contributed by atoms with Crippen LogP contribution in [-0.2, 0) is 37.0 Å². The number of nitro benzene ring substituents is 1. The number of β-lactam (4-membered cyclic amide) rings is 1. The van der Waals surface area contributed by atoms with Crippen LogP contribution in [0, 0.1) is 16.0 Å². The fraction of sp³-hybridized carbons (Fsp3) is 0.424. The van der Waals surface area contributed by atoms with Crippen molar-refractivity contribution in [3.63, 3.8) is 0 Å². The summed E-state index contributed by atoms with van der Waals surface area (Å²) in [6, 6.07) is 12.5. The molecule has 48 heavy (non-hydrogen) atoms. The van der Waals surface area contributed by atoms with Crippen molar-refractivity contribution in [2.45, 2.75) is 57.2 Å². The maximum absolute atomic E-state index is 13.4. The molecule has 2 aromatic carbocycles. The normalized spacial score (nSPS) is 19.6. The summed E-state index contributed by atoms with van der Waals surface area (Å²) >= 11 is 1.19. The highest BCUT2D eigenvalue weighted by atomic mass is 32.2. The van der Waals surface area contributed by atoms with Gasteiger partial charge in [-0.15, -0.1) is 0 Å². The quantitative estimate of drug-likeness (QED) is 0.0520. The van der Waals surface area contributed by atoms with Crippen molar-refractivity contribution >= 4 is 46.6 Å². The zero-order valence-corrected chi connectivity index (χ0v) is 27.8. The lowest BCUT2D eigenvalue weighted by atomic mass is 9.81. The number of non-ortho nitro benzene ring substituents is 1. The van der Waals surface area contributed by atoms with E-state index in [1.54, 1.807) is 38.0 Å². The number of carbonyl (C=O) groups excluding carboxylic acids is 4. The van der Waals surface area contributed by atoms with Crippen LogP contribution in [0.4, 0.5) is 15.3 Å².